The van der Waals surface area contributed by atoms with Crippen LogP contribution in [0.1, 0.15) is 0 Å². The number of fused-ring (bicyclic) bond motifs is 7. The molecular weight excluding hydrogens is 757 g/mol. The molecule has 0 saturated carbocycles. The van der Waals surface area contributed by atoms with Crippen LogP contribution in [0, 0.1) is 0 Å². The number of aromatic nitrogens is 1. The maximum absolute atomic E-state index is 2.50. The van der Waals surface area contributed by atoms with Crippen molar-refractivity contribution in [2.45, 2.75) is 0 Å². The summed E-state index contributed by atoms with van der Waals surface area (Å²) in [5.41, 5.74) is 13.9. The van der Waals surface area contributed by atoms with E-state index in [2.05, 4.69) is 240 Å². The SMILES string of the molecule is c1ccc(-c2cc(-c3ccc4ccccc4c3)ccc2N(c2ccc3c4ccccc4n(-c4ccccc4)c3c2)c2ccccc2-c2cccc3c2sc2ccccc23)cc1. The van der Waals surface area contributed by atoms with E-state index in [4.69, 9.17) is 0 Å². The second kappa shape index (κ2) is 14.5. The van der Waals surface area contributed by atoms with E-state index in [0.717, 1.165) is 39.4 Å². The maximum Gasteiger partial charge on any atom is 0.0561 e. The molecule has 0 aliphatic carbocycles. The summed E-state index contributed by atoms with van der Waals surface area (Å²) in [6.45, 7) is 0. The van der Waals surface area contributed by atoms with Crippen LogP contribution in [0.4, 0.5) is 17.1 Å². The molecule has 2 heterocycles. The average molecular weight is 795 g/mol. The third-order valence-corrected chi connectivity index (χ3v) is 13.4. The highest BCUT2D eigenvalue weighted by Gasteiger charge is 2.24. The summed E-state index contributed by atoms with van der Waals surface area (Å²) in [5, 5.41) is 7.53. The van der Waals surface area contributed by atoms with Gasteiger partial charge in [-0.05, 0) is 88.1 Å². The summed E-state index contributed by atoms with van der Waals surface area (Å²) >= 11 is 1.88. The summed E-state index contributed by atoms with van der Waals surface area (Å²) in [6, 6.07) is 84.4. The lowest BCUT2D eigenvalue weighted by Gasteiger charge is -2.30. The van der Waals surface area contributed by atoms with Crippen LogP contribution >= 0.6 is 11.3 Å². The highest BCUT2D eigenvalue weighted by molar-refractivity contribution is 7.26. The Hall–Kier alpha value is -7.72. The van der Waals surface area contributed by atoms with Crippen molar-refractivity contribution < 1.29 is 0 Å². The highest BCUT2D eigenvalue weighted by atomic mass is 32.1. The summed E-state index contributed by atoms with van der Waals surface area (Å²) < 4.78 is 5.01. The second-order valence-corrected chi connectivity index (χ2v) is 16.7. The first-order valence-electron chi connectivity index (χ1n) is 20.8. The van der Waals surface area contributed by atoms with Crippen molar-refractivity contribution in [3.63, 3.8) is 0 Å². The normalized spacial score (nSPS) is 11.6. The summed E-state index contributed by atoms with van der Waals surface area (Å²) in [4.78, 5) is 2.50. The van der Waals surface area contributed by atoms with Gasteiger partial charge in [-0.3, -0.25) is 0 Å². The molecule has 0 fully saturated rings. The molecule has 0 atom stereocenters. The van der Waals surface area contributed by atoms with E-state index < -0.39 is 0 Å². The van der Waals surface area contributed by atoms with Gasteiger partial charge in [0.05, 0.1) is 22.4 Å². The molecule has 0 bridgehead atoms. The van der Waals surface area contributed by atoms with Crippen molar-refractivity contribution in [2.24, 2.45) is 0 Å². The fourth-order valence-corrected chi connectivity index (χ4v) is 10.6. The first-order valence-corrected chi connectivity index (χ1v) is 21.7. The van der Waals surface area contributed by atoms with Gasteiger partial charge >= 0.3 is 0 Å². The fraction of sp³-hybridized carbons (Fsp3) is 0. The smallest absolute Gasteiger partial charge is 0.0561 e. The molecule has 286 valence electrons. The molecule has 0 amide bonds. The van der Waals surface area contributed by atoms with Crippen LogP contribution in [-0.4, -0.2) is 4.57 Å². The van der Waals surface area contributed by atoms with Crippen LogP contribution in [-0.2, 0) is 0 Å². The van der Waals surface area contributed by atoms with Gasteiger partial charge in [0.15, 0.2) is 0 Å². The first-order chi connectivity index (χ1) is 30.3. The van der Waals surface area contributed by atoms with Gasteiger partial charge < -0.3 is 9.47 Å². The number of thiophene rings is 1. The van der Waals surface area contributed by atoms with Crippen LogP contribution in [0.5, 0.6) is 0 Å². The quantitative estimate of drug-likeness (QED) is 0.156. The minimum atomic E-state index is 1.08. The van der Waals surface area contributed by atoms with Crippen molar-refractivity contribution in [3.8, 4) is 39.1 Å². The zero-order valence-electron chi connectivity index (χ0n) is 33.2. The molecule has 0 aliphatic rings. The molecular formula is C58H38N2S. The van der Waals surface area contributed by atoms with Crippen molar-refractivity contribution in [1.82, 2.24) is 4.57 Å². The van der Waals surface area contributed by atoms with Crippen LogP contribution < -0.4 is 4.90 Å². The monoisotopic (exact) mass is 794 g/mol. The topological polar surface area (TPSA) is 8.17 Å². The Kier molecular flexibility index (Phi) is 8.39. The maximum atomic E-state index is 2.50. The number of hydrogen-bond acceptors (Lipinski definition) is 2. The zero-order chi connectivity index (χ0) is 40.3. The van der Waals surface area contributed by atoms with Gasteiger partial charge in [-0.1, -0.05) is 170 Å². The molecule has 12 rings (SSSR count). The first kappa shape index (κ1) is 35.2. The van der Waals surface area contributed by atoms with Crippen molar-refractivity contribution >= 4 is 81.1 Å². The highest BCUT2D eigenvalue weighted by Crippen LogP contribution is 2.49. The number of rotatable bonds is 7. The minimum Gasteiger partial charge on any atom is -0.309 e. The lowest BCUT2D eigenvalue weighted by Crippen LogP contribution is -2.13. The number of para-hydroxylation sites is 3. The number of benzene rings is 10. The van der Waals surface area contributed by atoms with Crippen molar-refractivity contribution in [2.75, 3.05) is 4.90 Å². The van der Waals surface area contributed by atoms with E-state index >= 15 is 0 Å². The number of nitrogens with zero attached hydrogens (tertiary/aromatic N) is 2. The number of hydrogen-bond donors (Lipinski definition) is 0. The molecule has 61 heavy (non-hydrogen) atoms. The van der Waals surface area contributed by atoms with E-state index in [-0.39, 0.29) is 0 Å². The predicted molar refractivity (Wildman–Crippen MR) is 262 cm³/mol. The van der Waals surface area contributed by atoms with Gasteiger partial charge in [0.2, 0.25) is 0 Å². The van der Waals surface area contributed by atoms with E-state index in [1.54, 1.807) is 0 Å². The lowest BCUT2D eigenvalue weighted by molar-refractivity contribution is 1.18. The molecule has 12 aromatic rings. The standard InChI is InChI=1S/C58H38N2S/c1-3-17-40(18-4-1)52-37-43(42-31-30-39-16-7-8-19-41(39)36-42)32-35-55(52)60(45-33-34-48-46-22-9-12-27-53(46)59(56(48)38-45)44-20-5-2-6-21-44)54-28-13-10-23-47(54)50-25-15-26-51-49-24-11-14-29-57(49)61-58(50)51/h1-38H. The molecule has 0 unspecified atom stereocenters. The molecule has 2 nitrogen and oxygen atoms in total. The molecule has 0 saturated heterocycles. The lowest BCUT2D eigenvalue weighted by atomic mass is 9.94. The van der Waals surface area contributed by atoms with Crippen molar-refractivity contribution in [3.05, 3.63) is 231 Å². The van der Waals surface area contributed by atoms with Crippen LogP contribution in [0.3, 0.4) is 0 Å². The average Bonchev–Trinajstić information content (AvgIpc) is 3.88. The Bertz CT molecular complexity index is 3600. The fourth-order valence-electron chi connectivity index (χ4n) is 9.35. The minimum absolute atomic E-state index is 1.08. The third kappa shape index (κ3) is 5.93. The second-order valence-electron chi connectivity index (χ2n) is 15.7. The predicted octanol–water partition coefficient (Wildman–Crippen LogP) is 16.8. The van der Waals surface area contributed by atoms with Crippen LogP contribution in [0.15, 0.2) is 231 Å². The molecule has 0 spiro atoms. The molecule has 3 heteroatoms. The summed E-state index contributed by atoms with van der Waals surface area (Å²) in [6.07, 6.45) is 0. The number of anilines is 3. The molecule has 0 N–H and O–H groups in total. The van der Waals surface area contributed by atoms with Gasteiger partial charge in [-0.25, -0.2) is 0 Å². The van der Waals surface area contributed by atoms with E-state index in [1.165, 1.54) is 69.5 Å². The molecule has 0 aliphatic heterocycles. The van der Waals surface area contributed by atoms with Gasteiger partial charge in [0.1, 0.15) is 0 Å². The van der Waals surface area contributed by atoms with E-state index in [1.807, 2.05) is 11.3 Å². The zero-order valence-corrected chi connectivity index (χ0v) is 34.1. The Morgan fingerprint density at radius 1 is 0.344 bits per heavy atom. The van der Waals surface area contributed by atoms with Gasteiger partial charge in [-0.2, -0.15) is 0 Å². The summed E-state index contributed by atoms with van der Waals surface area (Å²) in [7, 11) is 0. The van der Waals surface area contributed by atoms with E-state index in [0.29, 0.717) is 0 Å². The molecule has 0 radical (unpaired) electrons. The van der Waals surface area contributed by atoms with Crippen molar-refractivity contribution in [1.29, 1.82) is 0 Å². The third-order valence-electron chi connectivity index (χ3n) is 12.2. The summed E-state index contributed by atoms with van der Waals surface area (Å²) in [5.74, 6) is 0. The van der Waals surface area contributed by atoms with Gasteiger partial charge in [0.25, 0.3) is 0 Å². The Labute approximate surface area is 358 Å². The van der Waals surface area contributed by atoms with Crippen LogP contribution in [0.25, 0.3) is 91.8 Å². The Morgan fingerprint density at radius 3 is 1.87 bits per heavy atom. The molecule has 2 aromatic heterocycles. The Morgan fingerprint density at radius 2 is 0.984 bits per heavy atom. The van der Waals surface area contributed by atoms with Gasteiger partial charge in [0, 0.05) is 59.0 Å². The van der Waals surface area contributed by atoms with E-state index in [9.17, 15) is 0 Å². The Balaban J connectivity index is 1.15. The molecule has 10 aromatic carbocycles. The largest absolute Gasteiger partial charge is 0.309 e. The van der Waals surface area contributed by atoms with Crippen LogP contribution in [0.2, 0.25) is 0 Å². The van der Waals surface area contributed by atoms with Gasteiger partial charge in [-0.15, -0.1) is 11.3 Å².